The van der Waals surface area contributed by atoms with Gasteiger partial charge in [0, 0.05) is 12.1 Å². The minimum atomic E-state index is -0.959. The number of amides is 3. The molecule has 1 aliphatic rings. The first-order chi connectivity index (χ1) is 15.0. The van der Waals surface area contributed by atoms with Gasteiger partial charge >= 0.3 is 0 Å². The molecule has 0 saturated carbocycles. The molecule has 1 aliphatic heterocycles. The zero-order valence-electron chi connectivity index (χ0n) is 17.5. The van der Waals surface area contributed by atoms with Gasteiger partial charge in [-0.1, -0.05) is 68.4 Å². The van der Waals surface area contributed by atoms with Crippen molar-refractivity contribution in [1.82, 2.24) is 4.90 Å². The maximum absolute atomic E-state index is 13.3. The van der Waals surface area contributed by atoms with E-state index in [0.29, 0.717) is 22.7 Å². The number of rotatable bonds is 6. The molecule has 0 spiro atoms. The van der Waals surface area contributed by atoms with Crippen LogP contribution in [0.3, 0.4) is 0 Å². The highest BCUT2D eigenvalue weighted by molar-refractivity contribution is 6.23. The number of carbonyl (C=O) groups is 3. The predicted octanol–water partition coefficient (Wildman–Crippen LogP) is 4.66. The lowest BCUT2D eigenvalue weighted by molar-refractivity contribution is -0.119. The van der Waals surface area contributed by atoms with E-state index in [9.17, 15) is 14.4 Å². The van der Waals surface area contributed by atoms with Crippen LogP contribution in [0.5, 0.6) is 0 Å². The van der Waals surface area contributed by atoms with Crippen molar-refractivity contribution >= 4 is 23.4 Å². The van der Waals surface area contributed by atoms with Gasteiger partial charge < -0.3 is 5.32 Å². The van der Waals surface area contributed by atoms with Crippen LogP contribution in [0.15, 0.2) is 78.9 Å². The molecule has 0 saturated heterocycles. The molecule has 156 valence electrons. The number of anilines is 1. The summed E-state index contributed by atoms with van der Waals surface area (Å²) in [5.74, 6) is -0.886. The molecule has 0 bridgehead atoms. The molecular formula is C26H24N2O3. The van der Waals surface area contributed by atoms with E-state index in [4.69, 9.17) is 0 Å². The zero-order valence-corrected chi connectivity index (χ0v) is 17.5. The number of hydrogen-bond acceptors (Lipinski definition) is 3. The van der Waals surface area contributed by atoms with Gasteiger partial charge in [-0.25, -0.2) is 0 Å². The Morgan fingerprint density at radius 2 is 1.35 bits per heavy atom. The molecule has 3 amide bonds. The topological polar surface area (TPSA) is 66.5 Å². The van der Waals surface area contributed by atoms with Crippen LogP contribution in [-0.2, 0) is 11.2 Å². The number of nitrogens with zero attached hydrogens (tertiary/aromatic N) is 1. The number of fused-ring (bicyclic) bond motifs is 1. The predicted molar refractivity (Wildman–Crippen MR) is 120 cm³/mol. The third kappa shape index (κ3) is 4.12. The normalized spacial score (nSPS) is 14.0. The van der Waals surface area contributed by atoms with Crippen LogP contribution in [0.2, 0.25) is 0 Å². The first kappa shape index (κ1) is 20.5. The maximum atomic E-state index is 13.3. The fourth-order valence-electron chi connectivity index (χ4n) is 3.81. The number of carbonyl (C=O) groups excluding carboxylic acids is 3. The molecule has 5 nitrogen and oxygen atoms in total. The van der Waals surface area contributed by atoms with Gasteiger partial charge in [0.1, 0.15) is 6.04 Å². The Balaban J connectivity index is 1.64. The van der Waals surface area contributed by atoms with Crippen molar-refractivity contribution in [2.24, 2.45) is 0 Å². The Bertz CT molecular complexity index is 1090. The minimum Gasteiger partial charge on any atom is -0.324 e. The molecule has 31 heavy (non-hydrogen) atoms. The lowest BCUT2D eigenvalue weighted by Gasteiger charge is -2.25. The second-order valence-corrected chi connectivity index (χ2v) is 8.00. The minimum absolute atomic E-state index is 0.238. The SMILES string of the molecule is CC(C)c1ccc(NC(=O)C(Cc2ccccc2)N2C(=O)c3ccccc3C2=O)cc1. The van der Waals surface area contributed by atoms with Gasteiger partial charge in [-0.15, -0.1) is 0 Å². The van der Waals surface area contributed by atoms with Crippen LogP contribution < -0.4 is 5.32 Å². The second-order valence-electron chi connectivity index (χ2n) is 8.00. The molecule has 1 unspecified atom stereocenters. The van der Waals surface area contributed by atoms with Gasteiger partial charge in [0.2, 0.25) is 5.91 Å². The van der Waals surface area contributed by atoms with Gasteiger partial charge in [-0.2, -0.15) is 0 Å². The highest BCUT2D eigenvalue weighted by atomic mass is 16.2. The van der Waals surface area contributed by atoms with E-state index < -0.39 is 23.8 Å². The lowest BCUT2D eigenvalue weighted by Crippen LogP contribution is -2.48. The smallest absolute Gasteiger partial charge is 0.262 e. The summed E-state index contributed by atoms with van der Waals surface area (Å²) in [5, 5.41) is 2.89. The number of benzene rings is 3. The van der Waals surface area contributed by atoms with Gasteiger partial charge in [0.15, 0.2) is 0 Å². The lowest BCUT2D eigenvalue weighted by atomic mass is 10.0. The van der Waals surface area contributed by atoms with E-state index in [1.54, 1.807) is 24.3 Å². The standard InChI is InChI=1S/C26H24N2O3/c1-17(2)19-12-14-20(15-13-19)27-24(29)23(16-18-8-4-3-5-9-18)28-25(30)21-10-6-7-11-22(21)26(28)31/h3-15,17,23H,16H2,1-2H3,(H,27,29). The van der Waals surface area contributed by atoms with E-state index in [2.05, 4.69) is 19.2 Å². The van der Waals surface area contributed by atoms with Crippen molar-refractivity contribution in [1.29, 1.82) is 0 Å². The average molecular weight is 412 g/mol. The summed E-state index contributed by atoms with van der Waals surface area (Å²) >= 11 is 0. The molecule has 1 heterocycles. The Morgan fingerprint density at radius 1 is 0.806 bits per heavy atom. The van der Waals surface area contributed by atoms with Crippen LogP contribution in [0, 0.1) is 0 Å². The van der Waals surface area contributed by atoms with Crippen LogP contribution in [-0.4, -0.2) is 28.7 Å². The van der Waals surface area contributed by atoms with Gasteiger partial charge in [0.25, 0.3) is 11.8 Å². The molecule has 0 aromatic heterocycles. The molecule has 5 heteroatoms. The molecule has 1 atom stereocenters. The third-order valence-corrected chi connectivity index (χ3v) is 5.56. The van der Waals surface area contributed by atoms with Crippen LogP contribution in [0.1, 0.15) is 51.6 Å². The van der Waals surface area contributed by atoms with Crippen LogP contribution >= 0.6 is 0 Å². The monoisotopic (exact) mass is 412 g/mol. The largest absolute Gasteiger partial charge is 0.324 e. The van der Waals surface area contributed by atoms with Crippen molar-refractivity contribution in [3.63, 3.8) is 0 Å². The Labute approximate surface area is 181 Å². The van der Waals surface area contributed by atoms with Gasteiger partial charge in [-0.05, 0) is 41.3 Å². The first-order valence-corrected chi connectivity index (χ1v) is 10.4. The van der Waals surface area contributed by atoms with E-state index in [1.807, 2.05) is 54.6 Å². The molecule has 3 aromatic rings. The number of nitrogens with one attached hydrogen (secondary N) is 1. The highest BCUT2D eigenvalue weighted by Crippen LogP contribution is 2.27. The third-order valence-electron chi connectivity index (χ3n) is 5.56. The molecular weight excluding hydrogens is 388 g/mol. The zero-order chi connectivity index (χ0) is 22.0. The quantitative estimate of drug-likeness (QED) is 0.599. The summed E-state index contributed by atoms with van der Waals surface area (Å²) in [4.78, 5) is 40.5. The van der Waals surface area contributed by atoms with Crippen molar-refractivity contribution in [2.75, 3.05) is 5.32 Å². The van der Waals surface area contributed by atoms with Crippen molar-refractivity contribution in [3.8, 4) is 0 Å². The van der Waals surface area contributed by atoms with E-state index in [1.165, 1.54) is 5.56 Å². The first-order valence-electron chi connectivity index (χ1n) is 10.4. The summed E-state index contributed by atoms with van der Waals surface area (Å²) in [6, 6.07) is 22.7. The van der Waals surface area contributed by atoms with Crippen molar-refractivity contribution in [3.05, 3.63) is 101 Å². The number of imide groups is 1. The van der Waals surface area contributed by atoms with Crippen LogP contribution in [0.4, 0.5) is 5.69 Å². The second kappa shape index (κ2) is 8.56. The van der Waals surface area contributed by atoms with Gasteiger partial charge in [-0.3, -0.25) is 19.3 Å². The molecule has 0 aliphatic carbocycles. The van der Waals surface area contributed by atoms with Crippen molar-refractivity contribution in [2.45, 2.75) is 32.2 Å². The molecule has 0 fully saturated rings. The maximum Gasteiger partial charge on any atom is 0.262 e. The number of hydrogen-bond donors (Lipinski definition) is 1. The summed E-state index contributed by atoms with van der Waals surface area (Å²) in [7, 11) is 0. The molecule has 1 N–H and O–H groups in total. The van der Waals surface area contributed by atoms with E-state index >= 15 is 0 Å². The molecule has 0 radical (unpaired) electrons. The molecule has 4 rings (SSSR count). The Morgan fingerprint density at radius 3 is 1.90 bits per heavy atom. The summed E-state index contributed by atoms with van der Waals surface area (Å²) in [6.45, 7) is 4.21. The van der Waals surface area contributed by atoms with Crippen molar-refractivity contribution < 1.29 is 14.4 Å². The fraction of sp³-hybridized carbons (Fsp3) is 0.192. The van der Waals surface area contributed by atoms with E-state index in [0.717, 1.165) is 10.5 Å². The molecule has 3 aromatic carbocycles. The highest BCUT2D eigenvalue weighted by Gasteiger charge is 2.42. The average Bonchev–Trinajstić information content (AvgIpc) is 3.03. The summed E-state index contributed by atoms with van der Waals surface area (Å²) in [6.07, 6.45) is 0.238. The van der Waals surface area contributed by atoms with Gasteiger partial charge in [0.05, 0.1) is 11.1 Å². The Kier molecular flexibility index (Phi) is 5.67. The summed E-state index contributed by atoms with van der Waals surface area (Å²) < 4.78 is 0. The van der Waals surface area contributed by atoms with Crippen LogP contribution in [0.25, 0.3) is 0 Å². The fourth-order valence-corrected chi connectivity index (χ4v) is 3.81. The summed E-state index contributed by atoms with van der Waals surface area (Å²) in [5.41, 5.74) is 3.33. The Hall–Kier alpha value is -3.73. The van der Waals surface area contributed by atoms with E-state index in [-0.39, 0.29) is 6.42 Å².